The first-order chi connectivity index (χ1) is 11.5. The van der Waals surface area contributed by atoms with Crippen LogP contribution in [0.2, 0.25) is 0 Å². The molecular weight excluding hydrogens is 331 g/mol. The molecule has 8 heteroatoms. The van der Waals surface area contributed by atoms with Crippen LogP contribution in [0.1, 0.15) is 11.1 Å². The lowest BCUT2D eigenvalue weighted by molar-refractivity contribution is 0.579. The highest BCUT2D eigenvalue weighted by Crippen LogP contribution is 2.17. The second kappa shape index (κ2) is 6.50. The first-order valence-corrected chi connectivity index (χ1v) is 8.64. The number of H-pyrrole nitrogens is 1. The van der Waals surface area contributed by atoms with E-state index in [2.05, 4.69) is 19.9 Å². The summed E-state index contributed by atoms with van der Waals surface area (Å²) in [6.45, 7) is 1.63. The number of halogens is 1. The molecule has 0 aliphatic rings. The fraction of sp³-hybridized carbons (Fsp3) is 0.125. The zero-order valence-electron chi connectivity index (χ0n) is 12.8. The van der Waals surface area contributed by atoms with Crippen LogP contribution in [-0.4, -0.2) is 23.6 Å². The third kappa shape index (κ3) is 3.50. The second-order valence-electron chi connectivity index (χ2n) is 5.27. The van der Waals surface area contributed by atoms with Crippen LogP contribution in [0.3, 0.4) is 0 Å². The minimum absolute atomic E-state index is 0.0350. The Morgan fingerprint density at radius 3 is 2.75 bits per heavy atom. The molecule has 2 aromatic carbocycles. The van der Waals surface area contributed by atoms with Crippen molar-refractivity contribution in [2.45, 2.75) is 18.4 Å². The van der Waals surface area contributed by atoms with Crippen molar-refractivity contribution in [3.05, 3.63) is 65.7 Å². The lowest BCUT2D eigenvalue weighted by Gasteiger charge is -2.09. The van der Waals surface area contributed by atoms with E-state index in [0.717, 1.165) is 17.2 Å². The molecule has 0 aliphatic carbocycles. The van der Waals surface area contributed by atoms with Gasteiger partial charge in [-0.05, 0) is 42.3 Å². The van der Waals surface area contributed by atoms with E-state index in [1.807, 2.05) is 18.2 Å². The molecule has 0 unspecified atom stereocenters. The zero-order chi connectivity index (χ0) is 17.2. The molecule has 0 atom stereocenters. The molecule has 0 saturated carbocycles. The molecule has 0 spiro atoms. The zero-order valence-corrected chi connectivity index (χ0v) is 13.6. The van der Waals surface area contributed by atoms with E-state index in [1.54, 1.807) is 6.07 Å². The van der Waals surface area contributed by atoms with Gasteiger partial charge < -0.3 is 0 Å². The van der Waals surface area contributed by atoms with Crippen molar-refractivity contribution in [2.24, 2.45) is 0 Å². The van der Waals surface area contributed by atoms with E-state index in [9.17, 15) is 12.8 Å². The molecule has 0 radical (unpaired) electrons. The standard InChI is InChI=1S/C16H15FN4O2S/c1-11-7-14(5-6-15(11)17)24(22,23)20-9-12-3-2-4-13(8-12)16-18-10-19-21-16/h2-8,10,20H,9H2,1H3,(H,18,19,21). The van der Waals surface area contributed by atoms with E-state index in [4.69, 9.17) is 0 Å². The molecule has 24 heavy (non-hydrogen) atoms. The summed E-state index contributed by atoms with van der Waals surface area (Å²) in [5, 5.41) is 6.55. The summed E-state index contributed by atoms with van der Waals surface area (Å²) in [7, 11) is -3.72. The fourth-order valence-electron chi connectivity index (χ4n) is 2.22. The highest BCUT2D eigenvalue weighted by atomic mass is 32.2. The van der Waals surface area contributed by atoms with Gasteiger partial charge in [-0.1, -0.05) is 18.2 Å². The number of aryl methyl sites for hydroxylation is 1. The fourth-order valence-corrected chi connectivity index (χ4v) is 3.32. The van der Waals surface area contributed by atoms with Crippen LogP contribution in [0, 0.1) is 12.7 Å². The summed E-state index contributed by atoms with van der Waals surface area (Å²) in [5.41, 5.74) is 1.86. The predicted octanol–water partition coefficient (Wildman–Crippen LogP) is 2.40. The molecule has 0 bridgehead atoms. The summed E-state index contributed by atoms with van der Waals surface area (Å²) >= 11 is 0. The molecule has 124 valence electrons. The van der Waals surface area contributed by atoms with Crippen molar-refractivity contribution in [3.8, 4) is 11.4 Å². The molecule has 0 aliphatic heterocycles. The van der Waals surface area contributed by atoms with Crippen LogP contribution >= 0.6 is 0 Å². The van der Waals surface area contributed by atoms with Gasteiger partial charge in [-0.25, -0.2) is 22.5 Å². The molecule has 1 heterocycles. The number of aromatic amines is 1. The molecule has 1 aromatic heterocycles. The predicted molar refractivity (Wildman–Crippen MR) is 87.0 cm³/mol. The number of hydrogen-bond acceptors (Lipinski definition) is 4. The number of rotatable bonds is 5. The largest absolute Gasteiger partial charge is 0.259 e. The lowest BCUT2D eigenvalue weighted by Crippen LogP contribution is -2.23. The third-order valence-corrected chi connectivity index (χ3v) is 4.92. The van der Waals surface area contributed by atoms with Crippen molar-refractivity contribution in [1.29, 1.82) is 0 Å². The van der Waals surface area contributed by atoms with Gasteiger partial charge in [-0.3, -0.25) is 5.10 Å². The Bertz CT molecular complexity index is 956. The average molecular weight is 346 g/mol. The molecular formula is C16H15FN4O2S. The first kappa shape index (κ1) is 16.3. The maximum Gasteiger partial charge on any atom is 0.240 e. The van der Waals surface area contributed by atoms with Gasteiger partial charge in [0.15, 0.2) is 5.82 Å². The molecule has 0 fully saturated rings. The van der Waals surface area contributed by atoms with Crippen molar-refractivity contribution in [3.63, 3.8) is 0 Å². The molecule has 3 aromatic rings. The van der Waals surface area contributed by atoms with Gasteiger partial charge in [0.25, 0.3) is 0 Å². The minimum Gasteiger partial charge on any atom is -0.259 e. The Labute approximate surface area is 138 Å². The Hall–Kier alpha value is -2.58. The van der Waals surface area contributed by atoms with Gasteiger partial charge in [0, 0.05) is 12.1 Å². The Morgan fingerprint density at radius 1 is 1.21 bits per heavy atom. The van der Waals surface area contributed by atoms with Crippen molar-refractivity contribution in [2.75, 3.05) is 0 Å². The topological polar surface area (TPSA) is 87.7 Å². The molecule has 2 N–H and O–H groups in total. The van der Waals surface area contributed by atoms with Gasteiger partial charge in [0.05, 0.1) is 4.90 Å². The summed E-state index contributed by atoms with van der Waals surface area (Å²) < 4.78 is 40.4. The van der Waals surface area contributed by atoms with E-state index in [-0.39, 0.29) is 17.0 Å². The third-order valence-electron chi connectivity index (χ3n) is 3.52. The average Bonchev–Trinajstić information content (AvgIpc) is 3.10. The molecule has 0 saturated heterocycles. The van der Waals surface area contributed by atoms with Crippen LogP contribution in [0.4, 0.5) is 4.39 Å². The quantitative estimate of drug-likeness (QED) is 0.742. The Morgan fingerprint density at radius 2 is 2.04 bits per heavy atom. The summed E-state index contributed by atoms with van der Waals surface area (Å²) in [4.78, 5) is 4.10. The van der Waals surface area contributed by atoms with Crippen LogP contribution in [0.5, 0.6) is 0 Å². The van der Waals surface area contributed by atoms with E-state index in [1.165, 1.54) is 25.4 Å². The summed E-state index contributed by atoms with van der Waals surface area (Å²) in [6, 6.07) is 11.0. The number of nitrogens with one attached hydrogen (secondary N) is 2. The first-order valence-electron chi connectivity index (χ1n) is 7.16. The monoisotopic (exact) mass is 346 g/mol. The molecule has 0 amide bonds. The normalized spacial score (nSPS) is 11.6. The van der Waals surface area contributed by atoms with E-state index in [0.29, 0.717) is 5.82 Å². The highest BCUT2D eigenvalue weighted by Gasteiger charge is 2.15. The minimum atomic E-state index is -3.72. The number of nitrogens with zero attached hydrogens (tertiary/aromatic N) is 2. The Balaban J connectivity index is 1.77. The van der Waals surface area contributed by atoms with Crippen molar-refractivity contribution in [1.82, 2.24) is 19.9 Å². The van der Waals surface area contributed by atoms with Crippen LogP contribution in [0.25, 0.3) is 11.4 Å². The number of hydrogen-bond donors (Lipinski definition) is 2. The van der Waals surface area contributed by atoms with Gasteiger partial charge >= 0.3 is 0 Å². The SMILES string of the molecule is Cc1cc(S(=O)(=O)NCc2cccc(-c3ncn[nH]3)c2)ccc1F. The lowest BCUT2D eigenvalue weighted by atomic mass is 10.1. The molecule has 6 nitrogen and oxygen atoms in total. The van der Waals surface area contributed by atoms with Crippen LogP contribution < -0.4 is 4.72 Å². The highest BCUT2D eigenvalue weighted by molar-refractivity contribution is 7.89. The number of benzene rings is 2. The Kier molecular flexibility index (Phi) is 4.41. The number of aromatic nitrogens is 3. The maximum absolute atomic E-state index is 13.3. The smallest absolute Gasteiger partial charge is 0.240 e. The maximum atomic E-state index is 13.3. The summed E-state index contributed by atoms with van der Waals surface area (Å²) in [6.07, 6.45) is 1.40. The van der Waals surface area contributed by atoms with E-state index >= 15 is 0 Å². The van der Waals surface area contributed by atoms with Crippen molar-refractivity contribution < 1.29 is 12.8 Å². The van der Waals surface area contributed by atoms with Crippen LogP contribution in [-0.2, 0) is 16.6 Å². The number of sulfonamides is 1. The van der Waals surface area contributed by atoms with Crippen molar-refractivity contribution >= 4 is 10.0 Å². The second-order valence-corrected chi connectivity index (χ2v) is 7.04. The van der Waals surface area contributed by atoms with E-state index < -0.39 is 15.8 Å². The van der Waals surface area contributed by atoms with Gasteiger partial charge in [0.2, 0.25) is 10.0 Å². The molecule has 3 rings (SSSR count). The van der Waals surface area contributed by atoms with Gasteiger partial charge in [0.1, 0.15) is 12.1 Å². The van der Waals surface area contributed by atoms with Gasteiger partial charge in [-0.2, -0.15) is 5.10 Å². The summed E-state index contributed by atoms with van der Waals surface area (Å²) in [5.74, 6) is 0.169. The van der Waals surface area contributed by atoms with Gasteiger partial charge in [-0.15, -0.1) is 0 Å². The van der Waals surface area contributed by atoms with Crippen LogP contribution in [0.15, 0.2) is 53.7 Å².